The molecular formula is C22H32FN3O4S. The second kappa shape index (κ2) is 9.65. The Labute approximate surface area is 184 Å². The van der Waals surface area contributed by atoms with Crippen LogP contribution in [0.4, 0.5) is 4.39 Å². The maximum Gasteiger partial charge on any atom is 0.253 e. The van der Waals surface area contributed by atoms with Crippen molar-refractivity contribution in [3.63, 3.8) is 0 Å². The van der Waals surface area contributed by atoms with Gasteiger partial charge >= 0.3 is 0 Å². The van der Waals surface area contributed by atoms with Crippen LogP contribution in [-0.4, -0.2) is 61.7 Å². The van der Waals surface area contributed by atoms with Gasteiger partial charge in [0.1, 0.15) is 10.7 Å². The molecular weight excluding hydrogens is 421 g/mol. The Bertz CT molecular complexity index is 921. The van der Waals surface area contributed by atoms with E-state index >= 15 is 0 Å². The quantitative estimate of drug-likeness (QED) is 0.717. The fourth-order valence-electron chi connectivity index (χ4n) is 3.94. The standard InChI is InChI=1S/C22H32FN3O4S/c1-15(2)16(3)24-21(27)17-8-12-25(13-9-17)22(28)18-6-7-19(23)20(14-18)31(29,30)26-10-4-5-11-26/h6-7,14-17H,4-5,8-13H2,1-3H3,(H,24,27). The maximum absolute atomic E-state index is 14.4. The summed E-state index contributed by atoms with van der Waals surface area (Å²) in [5.74, 6) is -0.987. The highest BCUT2D eigenvalue weighted by atomic mass is 32.2. The molecule has 1 aromatic carbocycles. The van der Waals surface area contributed by atoms with Crippen molar-refractivity contribution in [1.29, 1.82) is 0 Å². The predicted octanol–water partition coefficient (Wildman–Crippen LogP) is 2.62. The van der Waals surface area contributed by atoms with Gasteiger partial charge in [-0.25, -0.2) is 12.8 Å². The third-order valence-electron chi connectivity index (χ3n) is 6.38. The highest BCUT2D eigenvalue weighted by molar-refractivity contribution is 7.89. The third-order valence-corrected chi connectivity index (χ3v) is 8.30. The van der Waals surface area contributed by atoms with E-state index < -0.39 is 20.7 Å². The minimum atomic E-state index is -3.96. The van der Waals surface area contributed by atoms with E-state index in [1.165, 1.54) is 10.4 Å². The van der Waals surface area contributed by atoms with Crippen LogP contribution < -0.4 is 5.32 Å². The molecule has 0 radical (unpaired) electrons. The average Bonchev–Trinajstić information content (AvgIpc) is 3.29. The molecule has 1 aromatic rings. The molecule has 2 amide bonds. The number of likely N-dealkylation sites (tertiary alicyclic amines) is 1. The minimum Gasteiger partial charge on any atom is -0.353 e. The number of hydrogen-bond donors (Lipinski definition) is 1. The molecule has 172 valence electrons. The lowest BCUT2D eigenvalue weighted by Gasteiger charge is -2.32. The Morgan fingerprint density at radius 2 is 1.68 bits per heavy atom. The molecule has 0 aromatic heterocycles. The number of nitrogens with one attached hydrogen (secondary N) is 1. The van der Waals surface area contributed by atoms with Crippen molar-refractivity contribution in [2.24, 2.45) is 11.8 Å². The van der Waals surface area contributed by atoms with Crippen LogP contribution in [-0.2, 0) is 14.8 Å². The van der Waals surface area contributed by atoms with Gasteiger partial charge in [-0.05, 0) is 56.7 Å². The summed E-state index contributed by atoms with van der Waals surface area (Å²) in [4.78, 5) is 26.6. The topological polar surface area (TPSA) is 86.8 Å². The highest BCUT2D eigenvalue weighted by Gasteiger charge is 2.32. The van der Waals surface area contributed by atoms with Gasteiger partial charge in [-0.3, -0.25) is 9.59 Å². The van der Waals surface area contributed by atoms with Gasteiger partial charge < -0.3 is 10.2 Å². The molecule has 7 nitrogen and oxygen atoms in total. The van der Waals surface area contributed by atoms with E-state index in [4.69, 9.17) is 0 Å². The molecule has 31 heavy (non-hydrogen) atoms. The van der Waals surface area contributed by atoms with Crippen LogP contribution in [0.25, 0.3) is 0 Å². The van der Waals surface area contributed by atoms with Gasteiger partial charge in [-0.1, -0.05) is 13.8 Å². The summed E-state index contributed by atoms with van der Waals surface area (Å²) in [6.07, 6.45) is 2.58. The van der Waals surface area contributed by atoms with Crippen molar-refractivity contribution in [2.75, 3.05) is 26.2 Å². The zero-order chi connectivity index (χ0) is 22.8. The Kier molecular flexibility index (Phi) is 7.36. The van der Waals surface area contributed by atoms with Crippen LogP contribution in [0.3, 0.4) is 0 Å². The van der Waals surface area contributed by atoms with Crippen LogP contribution in [0.5, 0.6) is 0 Å². The summed E-state index contributed by atoms with van der Waals surface area (Å²) in [6, 6.07) is 3.60. The number of carbonyl (C=O) groups is 2. The predicted molar refractivity (Wildman–Crippen MR) is 115 cm³/mol. The Morgan fingerprint density at radius 3 is 2.26 bits per heavy atom. The van der Waals surface area contributed by atoms with Crippen LogP contribution >= 0.6 is 0 Å². The van der Waals surface area contributed by atoms with E-state index in [0.29, 0.717) is 44.9 Å². The maximum atomic E-state index is 14.4. The monoisotopic (exact) mass is 453 g/mol. The first kappa shape index (κ1) is 23.7. The lowest BCUT2D eigenvalue weighted by Crippen LogP contribution is -2.45. The third kappa shape index (κ3) is 5.26. The number of piperidine rings is 1. The molecule has 1 unspecified atom stereocenters. The van der Waals surface area contributed by atoms with Crippen molar-refractivity contribution in [2.45, 2.75) is 57.4 Å². The van der Waals surface area contributed by atoms with Crippen molar-refractivity contribution < 1.29 is 22.4 Å². The largest absolute Gasteiger partial charge is 0.353 e. The van der Waals surface area contributed by atoms with Crippen LogP contribution in [0.15, 0.2) is 23.1 Å². The number of benzene rings is 1. The summed E-state index contributed by atoms with van der Waals surface area (Å²) >= 11 is 0. The number of rotatable bonds is 6. The molecule has 0 aliphatic carbocycles. The van der Waals surface area contributed by atoms with Gasteiger partial charge in [0.05, 0.1) is 0 Å². The number of amides is 2. The number of carbonyl (C=O) groups excluding carboxylic acids is 2. The van der Waals surface area contributed by atoms with Gasteiger partial charge in [-0.15, -0.1) is 0 Å². The molecule has 3 rings (SSSR count). The van der Waals surface area contributed by atoms with Crippen molar-refractivity contribution >= 4 is 21.8 Å². The summed E-state index contributed by atoms with van der Waals surface area (Å²) in [5, 5.41) is 3.03. The number of hydrogen-bond acceptors (Lipinski definition) is 4. The van der Waals surface area contributed by atoms with Crippen molar-refractivity contribution in [3.8, 4) is 0 Å². The Morgan fingerprint density at radius 1 is 1.06 bits per heavy atom. The van der Waals surface area contributed by atoms with Gasteiger partial charge in [0.25, 0.3) is 5.91 Å². The molecule has 0 bridgehead atoms. The van der Waals surface area contributed by atoms with Gasteiger partial charge in [0.2, 0.25) is 15.9 Å². The lowest BCUT2D eigenvalue weighted by atomic mass is 9.94. The molecule has 2 aliphatic heterocycles. The second-order valence-electron chi connectivity index (χ2n) is 8.86. The number of sulfonamides is 1. The van der Waals surface area contributed by atoms with Gasteiger partial charge in [0, 0.05) is 43.7 Å². The first-order valence-electron chi connectivity index (χ1n) is 11.0. The minimum absolute atomic E-state index is 0.00840. The molecule has 1 N–H and O–H groups in total. The van der Waals surface area contributed by atoms with Crippen LogP contribution in [0.2, 0.25) is 0 Å². The van der Waals surface area contributed by atoms with E-state index in [0.717, 1.165) is 25.0 Å². The Hall–Kier alpha value is -2.00. The van der Waals surface area contributed by atoms with Crippen molar-refractivity contribution in [1.82, 2.24) is 14.5 Å². The Balaban J connectivity index is 1.67. The molecule has 1 atom stereocenters. The number of nitrogens with zero attached hydrogens (tertiary/aromatic N) is 2. The first-order chi connectivity index (χ1) is 14.6. The number of halogens is 1. The van der Waals surface area contributed by atoms with E-state index in [1.807, 2.05) is 20.8 Å². The lowest BCUT2D eigenvalue weighted by molar-refractivity contribution is -0.127. The van der Waals surface area contributed by atoms with E-state index in [1.54, 1.807) is 4.90 Å². The van der Waals surface area contributed by atoms with Crippen LogP contribution in [0, 0.1) is 17.7 Å². The second-order valence-corrected chi connectivity index (χ2v) is 10.8. The molecule has 2 fully saturated rings. The smallest absolute Gasteiger partial charge is 0.253 e. The average molecular weight is 454 g/mol. The summed E-state index contributed by atoms with van der Waals surface area (Å²) in [5.41, 5.74) is 0.149. The SMILES string of the molecule is CC(C)C(C)NC(=O)C1CCN(C(=O)c2ccc(F)c(S(=O)(=O)N3CCCC3)c2)CC1. The summed E-state index contributed by atoms with van der Waals surface area (Å²) in [7, 11) is -3.96. The molecule has 2 saturated heterocycles. The van der Waals surface area contributed by atoms with Crippen molar-refractivity contribution in [3.05, 3.63) is 29.6 Å². The van der Waals surface area contributed by atoms with Gasteiger partial charge in [0.15, 0.2) is 0 Å². The molecule has 0 saturated carbocycles. The first-order valence-corrected chi connectivity index (χ1v) is 12.4. The summed E-state index contributed by atoms with van der Waals surface area (Å²) in [6.45, 7) is 7.61. The van der Waals surface area contributed by atoms with Crippen LogP contribution in [0.1, 0.15) is 56.8 Å². The van der Waals surface area contributed by atoms with E-state index in [2.05, 4.69) is 5.32 Å². The zero-order valence-electron chi connectivity index (χ0n) is 18.4. The molecule has 9 heteroatoms. The van der Waals surface area contributed by atoms with E-state index in [-0.39, 0.29) is 29.3 Å². The van der Waals surface area contributed by atoms with E-state index in [9.17, 15) is 22.4 Å². The fourth-order valence-corrected chi connectivity index (χ4v) is 5.55. The molecule has 0 spiro atoms. The van der Waals surface area contributed by atoms with Gasteiger partial charge in [-0.2, -0.15) is 4.31 Å². The molecule has 2 aliphatic rings. The summed E-state index contributed by atoms with van der Waals surface area (Å²) < 4.78 is 41.2. The zero-order valence-corrected chi connectivity index (χ0v) is 19.3. The highest BCUT2D eigenvalue weighted by Crippen LogP contribution is 2.26. The molecule has 2 heterocycles. The fraction of sp³-hybridized carbons (Fsp3) is 0.636. The normalized spacial score (nSPS) is 19.6.